The van der Waals surface area contributed by atoms with Gasteiger partial charge in [-0.3, -0.25) is 0 Å². The van der Waals surface area contributed by atoms with Gasteiger partial charge in [-0.05, 0) is 19.4 Å². The summed E-state index contributed by atoms with van der Waals surface area (Å²) in [5, 5.41) is 5.63. The van der Waals surface area contributed by atoms with E-state index >= 15 is 0 Å². The van der Waals surface area contributed by atoms with Gasteiger partial charge in [0.1, 0.15) is 6.61 Å². The maximum absolute atomic E-state index is 10.6. The second-order valence-electron chi connectivity index (χ2n) is 2.64. The molecule has 0 aliphatic carbocycles. The first kappa shape index (κ1) is 8.33. The molecule has 0 aromatic rings. The summed E-state index contributed by atoms with van der Waals surface area (Å²) in [4.78, 5) is 10.6. The van der Waals surface area contributed by atoms with Crippen LogP contribution in [-0.4, -0.2) is 32.3 Å². The third-order valence-corrected chi connectivity index (χ3v) is 1.78. The fraction of sp³-hybridized carbons (Fsp3) is 0.857. The highest BCUT2D eigenvalue weighted by Gasteiger charge is 2.14. The molecule has 1 fully saturated rings. The first-order valence-electron chi connectivity index (χ1n) is 3.91. The summed E-state index contributed by atoms with van der Waals surface area (Å²) >= 11 is 0. The van der Waals surface area contributed by atoms with E-state index in [2.05, 4.69) is 10.6 Å². The SMILES string of the molecule is CNC(=O)OCC1CCCN1. The Labute approximate surface area is 66.3 Å². The Kier molecular flexibility index (Phi) is 3.16. The first-order valence-corrected chi connectivity index (χ1v) is 3.91. The number of alkyl carbamates (subject to hydrolysis) is 1. The van der Waals surface area contributed by atoms with Crippen molar-refractivity contribution >= 4 is 6.09 Å². The van der Waals surface area contributed by atoms with Gasteiger partial charge in [0, 0.05) is 13.1 Å². The Morgan fingerprint density at radius 3 is 3.18 bits per heavy atom. The van der Waals surface area contributed by atoms with Crippen LogP contribution in [0.4, 0.5) is 4.79 Å². The van der Waals surface area contributed by atoms with Crippen LogP contribution in [0.25, 0.3) is 0 Å². The van der Waals surface area contributed by atoms with Crippen LogP contribution in [0.3, 0.4) is 0 Å². The van der Waals surface area contributed by atoms with Crippen LogP contribution < -0.4 is 10.6 Å². The average Bonchev–Trinajstić information content (AvgIpc) is 2.52. The molecule has 0 aromatic carbocycles. The number of nitrogens with one attached hydrogen (secondary N) is 2. The van der Waals surface area contributed by atoms with E-state index in [4.69, 9.17) is 4.74 Å². The maximum atomic E-state index is 10.6. The fourth-order valence-corrected chi connectivity index (χ4v) is 1.15. The number of ether oxygens (including phenoxy) is 1. The molecule has 2 N–H and O–H groups in total. The van der Waals surface area contributed by atoms with Gasteiger partial charge >= 0.3 is 6.09 Å². The summed E-state index contributed by atoms with van der Waals surface area (Å²) in [6.07, 6.45) is 1.94. The van der Waals surface area contributed by atoms with Gasteiger partial charge in [0.25, 0.3) is 0 Å². The molecule has 0 bridgehead atoms. The quantitative estimate of drug-likeness (QED) is 0.599. The zero-order valence-corrected chi connectivity index (χ0v) is 6.72. The monoisotopic (exact) mass is 158 g/mol. The minimum absolute atomic E-state index is 0.348. The van der Waals surface area contributed by atoms with Crippen LogP contribution in [0.5, 0.6) is 0 Å². The predicted molar refractivity (Wildman–Crippen MR) is 41.4 cm³/mol. The fourth-order valence-electron chi connectivity index (χ4n) is 1.15. The van der Waals surface area contributed by atoms with Crippen LogP contribution in [0, 0.1) is 0 Å². The predicted octanol–water partition coefficient (Wildman–Crippen LogP) is 0.0944. The third kappa shape index (κ3) is 2.76. The molecule has 64 valence electrons. The Balaban J connectivity index is 2.06. The Hall–Kier alpha value is -0.770. The molecule has 0 radical (unpaired) electrons. The van der Waals surface area contributed by atoms with Gasteiger partial charge in [0.2, 0.25) is 0 Å². The van der Waals surface area contributed by atoms with Gasteiger partial charge in [-0.15, -0.1) is 0 Å². The van der Waals surface area contributed by atoms with Gasteiger partial charge in [-0.25, -0.2) is 4.79 Å². The Morgan fingerprint density at radius 2 is 2.64 bits per heavy atom. The van der Waals surface area contributed by atoms with Gasteiger partial charge in [-0.1, -0.05) is 0 Å². The smallest absolute Gasteiger partial charge is 0.406 e. The van der Waals surface area contributed by atoms with E-state index < -0.39 is 0 Å². The van der Waals surface area contributed by atoms with Crippen molar-refractivity contribution in [2.75, 3.05) is 20.2 Å². The Morgan fingerprint density at radius 1 is 1.82 bits per heavy atom. The van der Waals surface area contributed by atoms with E-state index in [9.17, 15) is 4.79 Å². The second-order valence-corrected chi connectivity index (χ2v) is 2.64. The molecule has 1 heterocycles. The number of hydrogen-bond donors (Lipinski definition) is 2. The van der Waals surface area contributed by atoms with E-state index in [0.29, 0.717) is 12.6 Å². The maximum Gasteiger partial charge on any atom is 0.406 e. The molecule has 1 amide bonds. The zero-order chi connectivity index (χ0) is 8.10. The standard InChI is InChI=1S/C7H14N2O2/c1-8-7(10)11-5-6-3-2-4-9-6/h6,9H,2-5H2,1H3,(H,8,10). The average molecular weight is 158 g/mol. The first-order chi connectivity index (χ1) is 5.33. The molecule has 0 aromatic heterocycles. The van der Waals surface area contributed by atoms with Crippen molar-refractivity contribution in [1.82, 2.24) is 10.6 Å². The summed E-state index contributed by atoms with van der Waals surface area (Å²) < 4.78 is 4.86. The topological polar surface area (TPSA) is 50.4 Å². The van der Waals surface area contributed by atoms with Crippen LogP contribution >= 0.6 is 0 Å². The number of carbonyl (C=O) groups excluding carboxylic acids is 1. The summed E-state index contributed by atoms with van der Waals surface area (Å²) in [6, 6.07) is 0.368. The van der Waals surface area contributed by atoms with Gasteiger partial charge < -0.3 is 15.4 Å². The molecule has 11 heavy (non-hydrogen) atoms. The van der Waals surface area contributed by atoms with Crippen molar-refractivity contribution < 1.29 is 9.53 Å². The van der Waals surface area contributed by atoms with Crippen molar-refractivity contribution in [3.8, 4) is 0 Å². The van der Waals surface area contributed by atoms with Crippen molar-refractivity contribution in [3.63, 3.8) is 0 Å². The molecule has 0 saturated carbocycles. The molecule has 4 heteroatoms. The van der Waals surface area contributed by atoms with Crippen LogP contribution in [0.2, 0.25) is 0 Å². The van der Waals surface area contributed by atoms with Gasteiger partial charge in [-0.2, -0.15) is 0 Å². The summed E-state index contributed by atoms with van der Waals surface area (Å²) in [6.45, 7) is 1.53. The zero-order valence-electron chi connectivity index (χ0n) is 6.72. The summed E-state index contributed by atoms with van der Waals surface area (Å²) in [5.41, 5.74) is 0. The molecule has 1 saturated heterocycles. The highest BCUT2D eigenvalue weighted by molar-refractivity contribution is 5.66. The van der Waals surface area contributed by atoms with Crippen molar-refractivity contribution in [1.29, 1.82) is 0 Å². The lowest BCUT2D eigenvalue weighted by atomic mass is 10.2. The van der Waals surface area contributed by atoms with E-state index in [1.165, 1.54) is 6.42 Å². The molecule has 1 aliphatic rings. The lowest BCUT2D eigenvalue weighted by Crippen LogP contribution is -2.30. The molecular weight excluding hydrogens is 144 g/mol. The minimum Gasteiger partial charge on any atom is -0.448 e. The van der Waals surface area contributed by atoms with Crippen LogP contribution in [0.1, 0.15) is 12.8 Å². The normalized spacial score (nSPS) is 23.2. The molecule has 1 aliphatic heterocycles. The van der Waals surface area contributed by atoms with E-state index in [1.54, 1.807) is 7.05 Å². The molecule has 4 nitrogen and oxygen atoms in total. The number of carbonyl (C=O) groups is 1. The van der Waals surface area contributed by atoms with E-state index in [-0.39, 0.29) is 6.09 Å². The van der Waals surface area contributed by atoms with Crippen LogP contribution in [-0.2, 0) is 4.74 Å². The molecular formula is C7H14N2O2. The van der Waals surface area contributed by atoms with Crippen molar-refractivity contribution in [2.24, 2.45) is 0 Å². The lowest BCUT2D eigenvalue weighted by molar-refractivity contribution is 0.138. The molecule has 0 spiro atoms. The molecule has 1 rings (SSSR count). The Bertz CT molecular complexity index is 132. The minimum atomic E-state index is -0.348. The number of hydrogen-bond acceptors (Lipinski definition) is 3. The highest BCUT2D eigenvalue weighted by Crippen LogP contribution is 2.04. The van der Waals surface area contributed by atoms with Gasteiger partial charge in [0.05, 0.1) is 0 Å². The molecule has 1 atom stereocenters. The van der Waals surface area contributed by atoms with Crippen molar-refractivity contribution in [2.45, 2.75) is 18.9 Å². The van der Waals surface area contributed by atoms with Gasteiger partial charge in [0.15, 0.2) is 0 Å². The summed E-state index contributed by atoms with van der Waals surface area (Å²) in [5.74, 6) is 0. The van der Waals surface area contributed by atoms with E-state index in [0.717, 1.165) is 13.0 Å². The second kappa shape index (κ2) is 4.18. The van der Waals surface area contributed by atoms with Crippen molar-refractivity contribution in [3.05, 3.63) is 0 Å². The van der Waals surface area contributed by atoms with E-state index in [1.807, 2.05) is 0 Å². The largest absolute Gasteiger partial charge is 0.448 e. The summed E-state index contributed by atoms with van der Waals surface area (Å²) in [7, 11) is 1.56. The lowest BCUT2D eigenvalue weighted by Gasteiger charge is -2.09. The third-order valence-electron chi connectivity index (χ3n) is 1.78. The number of amides is 1. The number of rotatable bonds is 2. The van der Waals surface area contributed by atoms with Crippen LogP contribution in [0.15, 0.2) is 0 Å². The molecule has 1 unspecified atom stereocenters. The highest BCUT2D eigenvalue weighted by atomic mass is 16.5.